The monoisotopic (exact) mass is 655 g/mol. The highest BCUT2D eigenvalue weighted by Crippen LogP contribution is 2.74. The highest BCUT2D eigenvalue weighted by molar-refractivity contribution is 5.69. The lowest BCUT2D eigenvalue weighted by Gasteiger charge is -2.64. The van der Waals surface area contributed by atoms with E-state index >= 15 is 0 Å². The lowest BCUT2D eigenvalue weighted by molar-refractivity contribution is -0.177. The van der Waals surface area contributed by atoms with E-state index in [-0.39, 0.29) is 57.5 Å². The van der Waals surface area contributed by atoms with Crippen molar-refractivity contribution < 1.29 is 24.1 Å². The van der Waals surface area contributed by atoms with E-state index in [1.807, 2.05) is 0 Å². The second-order valence-electron chi connectivity index (χ2n) is 19.0. The van der Waals surface area contributed by atoms with E-state index in [0.717, 1.165) is 38.5 Å². The van der Waals surface area contributed by atoms with Crippen LogP contribution in [0, 0.1) is 45.3 Å². The van der Waals surface area contributed by atoms with Crippen molar-refractivity contribution in [3.05, 3.63) is 11.6 Å². The van der Waals surface area contributed by atoms with E-state index < -0.39 is 6.29 Å². The molecule has 47 heavy (non-hydrogen) atoms. The summed E-state index contributed by atoms with van der Waals surface area (Å²) in [6, 6.07) is 0. The number of carbonyl (C=O) groups excluding carboxylic acids is 1. The Morgan fingerprint density at radius 1 is 0.894 bits per heavy atom. The molecule has 0 radical (unpaired) electrons. The maximum atomic E-state index is 13.1. The molecule has 2 heterocycles. The van der Waals surface area contributed by atoms with Crippen LogP contribution in [0.1, 0.15) is 171 Å². The number of epoxide rings is 1. The summed E-state index contributed by atoms with van der Waals surface area (Å²) in [4.78, 5) is 13.1. The molecule has 1 N–H and O–H groups in total. The topological polar surface area (TPSA) is 68.3 Å². The Bertz CT molecular complexity index is 1160. The number of hydrogen-bond donors (Lipinski definition) is 1. The van der Waals surface area contributed by atoms with Crippen molar-refractivity contribution in [3.8, 4) is 0 Å². The molecule has 2 aliphatic heterocycles. The third-order valence-corrected chi connectivity index (χ3v) is 15.7. The third-order valence-electron chi connectivity index (χ3n) is 15.7. The van der Waals surface area contributed by atoms with Gasteiger partial charge in [0, 0.05) is 17.8 Å². The van der Waals surface area contributed by atoms with Crippen molar-refractivity contribution in [2.75, 3.05) is 0 Å². The number of rotatable bonds is 13. The first-order chi connectivity index (χ1) is 22.2. The number of esters is 1. The van der Waals surface area contributed by atoms with Gasteiger partial charge in [0.1, 0.15) is 12.2 Å². The molecule has 11 atom stereocenters. The van der Waals surface area contributed by atoms with Crippen LogP contribution in [0.4, 0.5) is 0 Å². The molecule has 5 fully saturated rings. The first-order valence-corrected chi connectivity index (χ1v) is 20.1. The van der Waals surface area contributed by atoms with Gasteiger partial charge >= 0.3 is 5.97 Å². The van der Waals surface area contributed by atoms with Gasteiger partial charge in [-0.3, -0.25) is 4.79 Å². The normalized spacial score (nSPS) is 44.7. The van der Waals surface area contributed by atoms with Gasteiger partial charge in [0.15, 0.2) is 6.29 Å². The maximum Gasteiger partial charge on any atom is 0.306 e. The highest BCUT2D eigenvalue weighted by atomic mass is 16.7. The Labute approximate surface area is 287 Å². The zero-order valence-electron chi connectivity index (χ0n) is 31.5. The summed E-state index contributed by atoms with van der Waals surface area (Å²) in [7, 11) is 0. The predicted molar refractivity (Wildman–Crippen MR) is 189 cm³/mol. The van der Waals surface area contributed by atoms with Gasteiger partial charge in [-0.05, 0) is 106 Å². The molecule has 0 aromatic carbocycles. The average molecular weight is 655 g/mol. The molecule has 0 bridgehead atoms. The van der Waals surface area contributed by atoms with E-state index in [2.05, 4.69) is 61.5 Å². The van der Waals surface area contributed by atoms with E-state index in [1.54, 1.807) is 5.57 Å². The van der Waals surface area contributed by atoms with Crippen LogP contribution >= 0.6 is 0 Å². The summed E-state index contributed by atoms with van der Waals surface area (Å²) in [5, 5.41) is 11.2. The van der Waals surface area contributed by atoms with Crippen LogP contribution in [0.2, 0.25) is 0 Å². The van der Waals surface area contributed by atoms with Crippen LogP contribution in [-0.2, 0) is 19.0 Å². The van der Waals surface area contributed by atoms with Crippen molar-refractivity contribution >= 4 is 5.97 Å². The standard InChI is InChI=1S/C42H70O5/c1-9-10-11-12-13-14-15-16-17-18-35(43)46-34-23-24-40(6)30-22-26-41(7)29(28-27-32(45-37(28)44)36-39(4,5)47-36)21-25-42(41,8)31(30)19-20-33(40)38(34,2)3/h19,28-30,32-34,36-37,44H,9-18,20-27H2,1-8H3. The molecule has 0 aromatic heterocycles. The molecule has 11 unspecified atom stereocenters. The van der Waals surface area contributed by atoms with Gasteiger partial charge in [0.05, 0.1) is 11.7 Å². The van der Waals surface area contributed by atoms with Gasteiger partial charge in [-0.15, -0.1) is 0 Å². The fourth-order valence-corrected chi connectivity index (χ4v) is 12.5. The minimum atomic E-state index is -0.678. The molecule has 3 saturated carbocycles. The minimum absolute atomic E-state index is 0.0131. The number of fused-ring (bicyclic) bond motifs is 5. The third kappa shape index (κ3) is 6.32. The Morgan fingerprint density at radius 2 is 1.55 bits per heavy atom. The fraction of sp³-hybridized carbons (Fsp3) is 0.929. The van der Waals surface area contributed by atoms with Crippen molar-refractivity contribution in [3.63, 3.8) is 0 Å². The van der Waals surface area contributed by atoms with Crippen molar-refractivity contribution in [2.24, 2.45) is 45.3 Å². The maximum absolute atomic E-state index is 13.1. The highest BCUT2D eigenvalue weighted by Gasteiger charge is 2.67. The second-order valence-corrected chi connectivity index (χ2v) is 19.0. The predicted octanol–water partition coefficient (Wildman–Crippen LogP) is 10.3. The zero-order valence-corrected chi connectivity index (χ0v) is 31.5. The summed E-state index contributed by atoms with van der Waals surface area (Å²) >= 11 is 0. The van der Waals surface area contributed by atoms with Gasteiger partial charge < -0.3 is 19.3 Å². The smallest absolute Gasteiger partial charge is 0.306 e. The number of aliphatic hydroxyl groups is 1. The lowest BCUT2D eigenvalue weighted by atomic mass is 9.41. The molecule has 6 rings (SSSR count). The SMILES string of the molecule is CCCCCCCCCCCC(=O)OC1CCC2(C)C3CCC4(C)C(C5CC(C6OC6(C)C)OC5O)CCC4(C)C3=CCC2C1(C)C. The van der Waals surface area contributed by atoms with Crippen LogP contribution in [0.3, 0.4) is 0 Å². The molecule has 5 heteroatoms. The molecule has 4 aliphatic carbocycles. The molecule has 268 valence electrons. The largest absolute Gasteiger partial charge is 0.462 e. The molecular formula is C42H70O5. The summed E-state index contributed by atoms with van der Waals surface area (Å²) in [5.74, 6) is 1.79. The molecule has 5 nitrogen and oxygen atoms in total. The Kier molecular flexibility index (Phi) is 10.2. The van der Waals surface area contributed by atoms with E-state index in [4.69, 9.17) is 14.2 Å². The van der Waals surface area contributed by atoms with Gasteiger partial charge in [-0.2, -0.15) is 0 Å². The Morgan fingerprint density at radius 3 is 2.21 bits per heavy atom. The van der Waals surface area contributed by atoms with Gasteiger partial charge in [-0.1, -0.05) is 105 Å². The first-order valence-electron chi connectivity index (χ1n) is 20.1. The van der Waals surface area contributed by atoms with E-state index in [9.17, 15) is 9.90 Å². The van der Waals surface area contributed by atoms with Gasteiger partial charge in [0.25, 0.3) is 0 Å². The van der Waals surface area contributed by atoms with E-state index in [0.29, 0.717) is 24.2 Å². The summed E-state index contributed by atoms with van der Waals surface area (Å²) in [6.07, 6.45) is 23.0. The van der Waals surface area contributed by atoms with Crippen LogP contribution in [0.15, 0.2) is 11.6 Å². The van der Waals surface area contributed by atoms with Crippen LogP contribution in [-0.4, -0.2) is 41.3 Å². The van der Waals surface area contributed by atoms with Crippen LogP contribution < -0.4 is 0 Å². The number of unbranched alkanes of at least 4 members (excludes halogenated alkanes) is 8. The molecular weight excluding hydrogens is 584 g/mol. The number of ether oxygens (including phenoxy) is 3. The molecule has 0 aromatic rings. The minimum Gasteiger partial charge on any atom is -0.462 e. The van der Waals surface area contributed by atoms with E-state index in [1.165, 1.54) is 70.6 Å². The first kappa shape index (κ1) is 35.9. The van der Waals surface area contributed by atoms with Crippen molar-refractivity contribution in [1.29, 1.82) is 0 Å². The van der Waals surface area contributed by atoms with Crippen LogP contribution in [0.25, 0.3) is 0 Å². The van der Waals surface area contributed by atoms with Crippen LogP contribution in [0.5, 0.6) is 0 Å². The second kappa shape index (κ2) is 13.3. The zero-order chi connectivity index (χ0) is 33.8. The summed E-state index contributed by atoms with van der Waals surface area (Å²) in [6.45, 7) is 19.1. The summed E-state index contributed by atoms with van der Waals surface area (Å²) < 4.78 is 18.5. The summed E-state index contributed by atoms with van der Waals surface area (Å²) in [5.41, 5.74) is 2.11. The van der Waals surface area contributed by atoms with Crippen molar-refractivity contribution in [2.45, 2.75) is 201 Å². The Balaban J connectivity index is 1.07. The number of carbonyl (C=O) groups is 1. The molecule has 0 spiro atoms. The molecule has 2 saturated heterocycles. The Hall–Kier alpha value is -0.910. The van der Waals surface area contributed by atoms with Crippen molar-refractivity contribution in [1.82, 2.24) is 0 Å². The van der Waals surface area contributed by atoms with Gasteiger partial charge in [0.2, 0.25) is 0 Å². The number of allylic oxidation sites excluding steroid dienone is 2. The number of hydrogen-bond acceptors (Lipinski definition) is 5. The molecule has 0 amide bonds. The molecule has 6 aliphatic rings. The number of aliphatic hydroxyl groups excluding tert-OH is 1. The lowest BCUT2D eigenvalue weighted by Crippen LogP contribution is -2.58. The fourth-order valence-electron chi connectivity index (χ4n) is 12.5. The van der Waals surface area contributed by atoms with Gasteiger partial charge in [-0.25, -0.2) is 0 Å². The average Bonchev–Trinajstić information content (AvgIpc) is 3.33. The quantitative estimate of drug-likeness (QED) is 0.0926.